The van der Waals surface area contributed by atoms with Crippen LogP contribution in [0, 0.1) is 6.92 Å². The summed E-state index contributed by atoms with van der Waals surface area (Å²) in [5.41, 5.74) is 1.90. The topological polar surface area (TPSA) is 47.6 Å². The number of anilines is 1. The molecule has 1 amide bonds. The number of carbonyl (C=O) groups excluding carboxylic acids is 1. The lowest BCUT2D eigenvalue weighted by molar-refractivity contribution is -0.120. The molecule has 22 heavy (non-hydrogen) atoms. The number of nitrogens with one attached hydrogen (secondary N) is 1. The average Bonchev–Trinajstić information content (AvgIpc) is 2.52. The second-order valence-corrected chi connectivity index (χ2v) is 4.99. The maximum absolute atomic E-state index is 11.7. The minimum absolute atomic E-state index is 0.0548. The smallest absolute Gasteiger partial charge is 0.250 e. The molecule has 2 aromatic carbocycles. The Morgan fingerprint density at radius 1 is 1.05 bits per heavy atom. The molecule has 0 heterocycles. The quantitative estimate of drug-likeness (QED) is 0.760. The van der Waals surface area contributed by atoms with Gasteiger partial charge in [-0.05, 0) is 36.8 Å². The molecule has 0 unspecified atom stereocenters. The van der Waals surface area contributed by atoms with Gasteiger partial charge in [-0.2, -0.15) is 0 Å². The Kier molecular flexibility index (Phi) is 6.45. The molecule has 0 atom stereocenters. The van der Waals surface area contributed by atoms with Crippen LogP contribution in [-0.4, -0.2) is 25.7 Å². The first kappa shape index (κ1) is 16.0. The minimum Gasteiger partial charge on any atom is -0.494 e. The second-order valence-electron chi connectivity index (χ2n) is 4.99. The van der Waals surface area contributed by atoms with Crippen molar-refractivity contribution in [2.45, 2.75) is 13.3 Å². The van der Waals surface area contributed by atoms with Crippen molar-refractivity contribution < 1.29 is 14.3 Å². The fourth-order valence-electron chi connectivity index (χ4n) is 1.95. The minimum atomic E-state index is -0.144. The third-order valence-corrected chi connectivity index (χ3v) is 2.98. The summed E-state index contributed by atoms with van der Waals surface area (Å²) in [5.74, 6) is 0.703. The van der Waals surface area contributed by atoms with Crippen molar-refractivity contribution in [1.82, 2.24) is 0 Å². The van der Waals surface area contributed by atoms with Gasteiger partial charge in [-0.3, -0.25) is 4.79 Å². The van der Waals surface area contributed by atoms with Gasteiger partial charge in [0.1, 0.15) is 12.4 Å². The summed E-state index contributed by atoms with van der Waals surface area (Å²) in [4.78, 5) is 11.7. The number of aryl methyl sites for hydroxylation is 1. The van der Waals surface area contributed by atoms with E-state index in [-0.39, 0.29) is 12.5 Å². The molecule has 0 aliphatic carbocycles. The Hall–Kier alpha value is -2.33. The highest BCUT2D eigenvalue weighted by Gasteiger charge is 2.02. The van der Waals surface area contributed by atoms with E-state index in [0.29, 0.717) is 13.2 Å². The SMILES string of the molecule is Cc1cccc(NC(=O)COCCCOc2ccccc2)c1. The summed E-state index contributed by atoms with van der Waals surface area (Å²) in [7, 11) is 0. The Bertz CT molecular complexity index is 584. The van der Waals surface area contributed by atoms with Crippen LogP contribution in [0.3, 0.4) is 0 Å². The van der Waals surface area contributed by atoms with Crippen LogP contribution in [0.1, 0.15) is 12.0 Å². The third kappa shape index (κ3) is 5.97. The van der Waals surface area contributed by atoms with Gasteiger partial charge in [0.05, 0.1) is 13.2 Å². The van der Waals surface area contributed by atoms with Crippen molar-refractivity contribution in [3.8, 4) is 5.75 Å². The molecule has 1 N–H and O–H groups in total. The maximum Gasteiger partial charge on any atom is 0.250 e. The van der Waals surface area contributed by atoms with Crippen molar-refractivity contribution in [3.63, 3.8) is 0 Å². The van der Waals surface area contributed by atoms with E-state index in [1.165, 1.54) is 0 Å². The largest absolute Gasteiger partial charge is 0.494 e. The third-order valence-electron chi connectivity index (χ3n) is 2.98. The Morgan fingerprint density at radius 2 is 1.86 bits per heavy atom. The number of hydrogen-bond donors (Lipinski definition) is 1. The predicted molar refractivity (Wildman–Crippen MR) is 87.2 cm³/mol. The number of amides is 1. The number of para-hydroxylation sites is 1. The number of rotatable bonds is 8. The van der Waals surface area contributed by atoms with E-state index in [9.17, 15) is 4.79 Å². The summed E-state index contributed by atoms with van der Waals surface area (Å²) in [6.45, 7) is 3.11. The number of hydrogen-bond acceptors (Lipinski definition) is 3. The van der Waals surface area contributed by atoms with Gasteiger partial charge >= 0.3 is 0 Å². The van der Waals surface area contributed by atoms with Crippen LogP contribution >= 0.6 is 0 Å². The molecule has 116 valence electrons. The number of ether oxygens (including phenoxy) is 2. The van der Waals surface area contributed by atoms with Gasteiger partial charge < -0.3 is 14.8 Å². The van der Waals surface area contributed by atoms with E-state index in [4.69, 9.17) is 9.47 Å². The lowest BCUT2D eigenvalue weighted by Crippen LogP contribution is -2.19. The summed E-state index contributed by atoms with van der Waals surface area (Å²) in [6, 6.07) is 17.3. The van der Waals surface area contributed by atoms with Gasteiger partial charge in [0.25, 0.3) is 0 Å². The monoisotopic (exact) mass is 299 g/mol. The molecule has 0 aliphatic heterocycles. The standard InChI is InChI=1S/C18H21NO3/c1-15-7-5-8-16(13-15)19-18(20)14-21-11-6-12-22-17-9-3-2-4-10-17/h2-5,7-10,13H,6,11-12,14H2,1H3,(H,19,20). The van der Waals surface area contributed by atoms with Crippen LogP contribution in [-0.2, 0) is 9.53 Å². The van der Waals surface area contributed by atoms with Gasteiger partial charge in [0.15, 0.2) is 0 Å². The van der Waals surface area contributed by atoms with Gasteiger partial charge in [-0.25, -0.2) is 0 Å². The highest BCUT2D eigenvalue weighted by atomic mass is 16.5. The van der Waals surface area contributed by atoms with E-state index in [1.54, 1.807) is 0 Å². The van der Waals surface area contributed by atoms with E-state index in [0.717, 1.165) is 23.4 Å². The first-order valence-electron chi connectivity index (χ1n) is 7.36. The zero-order chi connectivity index (χ0) is 15.6. The summed E-state index contributed by atoms with van der Waals surface area (Å²) < 4.78 is 10.9. The zero-order valence-corrected chi connectivity index (χ0v) is 12.7. The molecular weight excluding hydrogens is 278 g/mol. The molecule has 0 aromatic heterocycles. The Balaban J connectivity index is 1.56. The normalized spacial score (nSPS) is 10.2. The fraction of sp³-hybridized carbons (Fsp3) is 0.278. The maximum atomic E-state index is 11.7. The van der Waals surface area contributed by atoms with Crippen molar-refractivity contribution in [1.29, 1.82) is 0 Å². The molecule has 2 aromatic rings. The number of carbonyl (C=O) groups is 1. The van der Waals surface area contributed by atoms with Gasteiger partial charge in [-0.15, -0.1) is 0 Å². The summed E-state index contributed by atoms with van der Waals surface area (Å²) >= 11 is 0. The van der Waals surface area contributed by atoms with Crippen LogP contribution < -0.4 is 10.1 Å². The van der Waals surface area contributed by atoms with Crippen LogP contribution in [0.25, 0.3) is 0 Å². The molecule has 0 aliphatic rings. The molecule has 0 fully saturated rings. The predicted octanol–water partition coefficient (Wildman–Crippen LogP) is 3.42. The van der Waals surface area contributed by atoms with E-state index >= 15 is 0 Å². The molecule has 4 heteroatoms. The molecule has 0 saturated carbocycles. The molecule has 2 rings (SSSR count). The molecule has 0 radical (unpaired) electrons. The van der Waals surface area contributed by atoms with Gasteiger partial charge in [0, 0.05) is 12.1 Å². The first-order chi connectivity index (χ1) is 10.7. The molecule has 4 nitrogen and oxygen atoms in total. The average molecular weight is 299 g/mol. The Morgan fingerprint density at radius 3 is 2.64 bits per heavy atom. The van der Waals surface area contributed by atoms with Crippen LogP contribution in [0.5, 0.6) is 5.75 Å². The second kappa shape index (κ2) is 8.85. The summed E-state index contributed by atoms with van der Waals surface area (Å²) in [6.07, 6.45) is 0.743. The van der Waals surface area contributed by atoms with Crippen LogP contribution in [0.4, 0.5) is 5.69 Å². The van der Waals surface area contributed by atoms with Crippen LogP contribution in [0.2, 0.25) is 0 Å². The first-order valence-corrected chi connectivity index (χ1v) is 7.36. The van der Waals surface area contributed by atoms with Gasteiger partial charge in [0.2, 0.25) is 5.91 Å². The molecular formula is C18H21NO3. The van der Waals surface area contributed by atoms with Crippen molar-refractivity contribution in [2.75, 3.05) is 25.1 Å². The highest BCUT2D eigenvalue weighted by molar-refractivity contribution is 5.91. The van der Waals surface area contributed by atoms with Crippen molar-refractivity contribution >= 4 is 11.6 Å². The lowest BCUT2D eigenvalue weighted by Gasteiger charge is -2.08. The fourth-order valence-corrected chi connectivity index (χ4v) is 1.95. The molecule has 0 saturated heterocycles. The highest BCUT2D eigenvalue weighted by Crippen LogP contribution is 2.09. The Labute approximate surface area is 131 Å². The zero-order valence-electron chi connectivity index (χ0n) is 12.7. The van der Waals surface area contributed by atoms with E-state index in [1.807, 2.05) is 61.5 Å². The molecule has 0 bridgehead atoms. The summed E-state index contributed by atoms with van der Waals surface area (Å²) in [5, 5.41) is 2.80. The van der Waals surface area contributed by atoms with E-state index < -0.39 is 0 Å². The lowest BCUT2D eigenvalue weighted by atomic mass is 10.2. The molecule has 0 spiro atoms. The van der Waals surface area contributed by atoms with Crippen molar-refractivity contribution in [2.24, 2.45) is 0 Å². The van der Waals surface area contributed by atoms with E-state index in [2.05, 4.69) is 5.32 Å². The van der Waals surface area contributed by atoms with Gasteiger partial charge in [-0.1, -0.05) is 30.3 Å². The number of benzene rings is 2. The van der Waals surface area contributed by atoms with Crippen LogP contribution in [0.15, 0.2) is 54.6 Å². The van der Waals surface area contributed by atoms with Crippen molar-refractivity contribution in [3.05, 3.63) is 60.2 Å².